The molecule has 0 bridgehead atoms. The van der Waals surface area contributed by atoms with Crippen molar-refractivity contribution in [2.45, 2.75) is 45.3 Å². The Bertz CT molecular complexity index is 203. The Hall–Kier alpha value is -0.280. The molecule has 0 radical (unpaired) electrons. The van der Waals surface area contributed by atoms with Crippen molar-refractivity contribution >= 4 is 17.5 Å². The monoisotopic (exact) mass is 233 g/mol. The molecular weight excluding hydrogens is 214 g/mol. The first-order valence-electron chi connectivity index (χ1n) is 5.65. The van der Waals surface area contributed by atoms with Gasteiger partial charge in [0.05, 0.1) is 0 Å². The number of carbonyl (C=O) groups is 1. The Morgan fingerprint density at radius 1 is 1.53 bits per heavy atom. The fourth-order valence-electron chi connectivity index (χ4n) is 1.83. The molecule has 1 heterocycles. The van der Waals surface area contributed by atoms with Crippen LogP contribution in [0, 0.1) is 0 Å². The second-order valence-corrected chi connectivity index (χ2v) is 4.55. The van der Waals surface area contributed by atoms with Crippen molar-refractivity contribution in [1.82, 2.24) is 4.90 Å². The number of carbonyl (C=O) groups excluding carboxylic acids is 1. The number of ether oxygens (including phenoxy) is 1. The normalized spacial score (nSPS) is 21.7. The summed E-state index contributed by atoms with van der Waals surface area (Å²) in [6, 6.07) is 0.196. The lowest BCUT2D eigenvalue weighted by molar-refractivity contribution is -0.147. The van der Waals surface area contributed by atoms with E-state index < -0.39 is 0 Å². The smallest absolute Gasteiger partial charge is 0.251 e. The third kappa shape index (κ3) is 3.65. The predicted molar refractivity (Wildman–Crippen MR) is 61.2 cm³/mol. The van der Waals surface area contributed by atoms with Crippen molar-refractivity contribution < 1.29 is 9.53 Å². The molecule has 0 aromatic carbocycles. The van der Waals surface area contributed by atoms with Crippen LogP contribution in [0.2, 0.25) is 0 Å². The molecule has 3 nitrogen and oxygen atoms in total. The van der Waals surface area contributed by atoms with E-state index in [0.717, 1.165) is 19.3 Å². The highest BCUT2D eigenvalue weighted by molar-refractivity contribution is 6.18. The number of alkyl halides is 1. The molecule has 0 spiro atoms. The van der Waals surface area contributed by atoms with Crippen molar-refractivity contribution in [3.63, 3.8) is 0 Å². The lowest BCUT2D eigenvalue weighted by Gasteiger charge is -2.31. The van der Waals surface area contributed by atoms with Crippen molar-refractivity contribution in [1.29, 1.82) is 0 Å². The van der Waals surface area contributed by atoms with Crippen molar-refractivity contribution in [3.05, 3.63) is 0 Å². The Labute approximate surface area is 96.7 Å². The molecule has 1 saturated heterocycles. The molecule has 1 fully saturated rings. The molecule has 1 amide bonds. The second kappa shape index (κ2) is 6.33. The first-order valence-corrected chi connectivity index (χ1v) is 6.18. The molecule has 88 valence electrons. The van der Waals surface area contributed by atoms with Gasteiger partial charge in [0.15, 0.2) is 0 Å². The fourth-order valence-corrected chi connectivity index (χ4v) is 2.02. The van der Waals surface area contributed by atoms with Crippen LogP contribution in [0.4, 0.5) is 0 Å². The summed E-state index contributed by atoms with van der Waals surface area (Å²) in [6.45, 7) is 5.34. The summed E-state index contributed by atoms with van der Waals surface area (Å²) in [4.78, 5) is 13.9. The van der Waals surface area contributed by atoms with Crippen LogP contribution in [-0.4, -0.2) is 42.0 Å². The van der Waals surface area contributed by atoms with Crippen LogP contribution in [-0.2, 0) is 9.53 Å². The van der Waals surface area contributed by atoms with E-state index in [1.54, 1.807) is 0 Å². The van der Waals surface area contributed by atoms with Gasteiger partial charge < -0.3 is 9.64 Å². The highest BCUT2D eigenvalue weighted by Crippen LogP contribution is 2.16. The largest absolute Gasteiger partial charge is 0.368 e. The van der Waals surface area contributed by atoms with Crippen molar-refractivity contribution in [3.8, 4) is 0 Å². The molecule has 0 aromatic heterocycles. The van der Waals surface area contributed by atoms with E-state index in [4.69, 9.17) is 16.3 Å². The van der Waals surface area contributed by atoms with Crippen LogP contribution >= 0.6 is 11.6 Å². The molecule has 1 rings (SSSR count). The summed E-state index contributed by atoms with van der Waals surface area (Å²) in [6.07, 6.45) is 2.78. The molecule has 1 aliphatic heterocycles. The Morgan fingerprint density at radius 2 is 2.27 bits per heavy atom. The Balaban J connectivity index is 2.53. The number of hydrogen-bond donors (Lipinski definition) is 0. The van der Waals surface area contributed by atoms with Gasteiger partial charge in [0, 0.05) is 25.1 Å². The van der Waals surface area contributed by atoms with E-state index in [1.807, 2.05) is 18.7 Å². The molecule has 1 aliphatic rings. The Kier molecular flexibility index (Phi) is 5.40. The highest BCUT2D eigenvalue weighted by atomic mass is 35.5. The second-order valence-electron chi connectivity index (χ2n) is 4.17. The third-order valence-electron chi connectivity index (χ3n) is 2.69. The standard InChI is InChI=1S/C11H20ClNO2/c1-9(2)13(7-6-12)11(14)10-5-3-4-8-15-10/h9-10H,3-8H2,1-2H3. The molecule has 1 unspecified atom stereocenters. The van der Waals surface area contributed by atoms with Gasteiger partial charge in [-0.2, -0.15) is 0 Å². The average molecular weight is 234 g/mol. The van der Waals surface area contributed by atoms with Crippen LogP contribution in [0.5, 0.6) is 0 Å². The minimum absolute atomic E-state index is 0.102. The first kappa shape index (κ1) is 12.8. The molecular formula is C11H20ClNO2. The summed E-state index contributed by atoms with van der Waals surface area (Å²) in [5.41, 5.74) is 0. The van der Waals surface area contributed by atoms with Gasteiger partial charge in [-0.05, 0) is 33.1 Å². The summed E-state index contributed by atoms with van der Waals surface area (Å²) in [5.74, 6) is 0.585. The minimum atomic E-state index is -0.232. The van der Waals surface area contributed by atoms with Gasteiger partial charge in [0.1, 0.15) is 6.10 Å². The van der Waals surface area contributed by atoms with Crippen molar-refractivity contribution in [2.24, 2.45) is 0 Å². The molecule has 0 saturated carbocycles. The summed E-state index contributed by atoms with van der Waals surface area (Å²) >= 11 is 5.69. The van der Waals surface area contributed by atoms with Gasteiger partial charge >= 0.3 is 0 Å². The van der Waals surface area contributed by atoms with Crippen molar-refractivity contribution in [2.75, 3.05) is 19.0 Å². The maximum absolute atomic E-state index is 12.1. The van der Waals surface area contributed by atoms with Gasteiger partial charge in [0.2, 0.25) is 0 Å². The zero-order chi connectivity index (χ0) is 11.3. The first-order chi connectivity index (χ1) is 7.16. The highest BCUT2D eigenvalue weighted by Gasteiger charge is 2.27. The van der Waals surface area contributed by atoms with E-state index in [9.17, 15) is 4.79 Å². The zero-order valence-corrected chi connectivity index (χ0v) is 10.3. The number of nitrogens with zero attached hydrogens (tertiary/aromatic N) is 1. The third-order valence-corrected chi connectivity index (χ3v) is 2.86. The minimum Gasteiger partial charge on any atom is -0.368 e. The van der Waals surface area contributed by atoms with E-state index in [-0.39, 0.29) is 18.1 Å². The van der Waals surface area contributed by atoms with Gasteiger partial charge in [0.25, 0.3) is 5.91 Å². The van der Waals surface area contributed by atoms with Gasteiger partial charge in [-0.25, -0.2) is 0 Å². The summed E-state index contributed by atoms with van der Waals surface area (Å²) in [7, 11) is 0. The molecule has 0 aromatic rings. The van der Waals surface area contributed by atoms with E-state index in [2.05, 4.69) is 0 Å². The SMILES string of the molecule is CC(C)N(CCCl)C(=O)C1CCCCO1. The topological polar surface area (TPSA) is 29.5 Å². The summed E-state index contributed by atoms with van der Waals surface area (Å²) < 4.78 is 5.48. The average Bonchev–Trinajstić information content (AvgIpc) is 2.26. The number of hydrogen-bond acceptors (Lipinski definition) is 2. The van der Waals surface area contributed by atoms with E-state index in [1.165, 1.54) is 0 Å². The van der Waals surface area contributed by atoms with Crippen LogP contribution in [0.15, 0.2) is 0 Å². The van der Waals surface area contributed by atoms with Crippen LogP contribution < -0.4 is 0 Å². The lowest BCUT2D eigenvalue weighted by Crippen LogP contribution is -2.46. The van der Waals surface area contributed by atoms with Crippen LogP contribution in [0.3, 0.4) is 0 Å². The quantitative estimate of drug-likeness (QED) is 0.696. The summed E-state index contributed by atoms with van der Waals surface area (Å²) in [5, 5.41) is 0. The molecule has 0 aliphatic carbocycles. The number of halogens is 1. The van der Waals surface area contributed by atoms with Crippen LogP contribution in [0.25, 0.3) is 0 Å². The maximum atomic E-state index is 12.1. The van der Waals surface area contributed by atoms with E-state index >= 15 is 0 Å². The van der Waals surface area contributed by atoms with Gasteiger partial charge in [-0.3, -0.25) is 4.79 Å². The molecule has 15 heavy (non-hydrogen) atoms. The van der Waals surface area contributed by atoms with Gasteiger partial charge in [-0.15, -0.1) is 11.6 Å². The maximum Gasteiger partial charge on any atom is 0.251 e. The number of rotatable bonds is 4. The lowest BCUT2D eigenvalue weighted by atomic mass is 10.1. The molecule has 0 N–H and O–H groups in total. The molecule has 4 heteroatoms. The molecule has 1 atom stereocenters. The number of amides is 1. The zero-order valence-electron chi connectivity index (χ0n) is 9.54. The Morgan fingerprint density at radius 3 is 2.73 bits per heavy atom. The van der Waals surface area contributed by atoms with E-state index in [0.29, 0.717) is 19.0 Å². The van der Waals surface area contributed by atoms with Crippen LogP contribution in [0.1, 0.15) is 33.1 Å². The predicted octanol–water partition coefficient (Wildman–Crippen LogP) is 2.03. The fraction of sp³-hybridized carbons (Fsp3) is 0.909. The van der Waals surface area contributed by atoms with Gasteiger partial charge in [-0.1, -0.05) is 0 Å².